The van der Waals surface area contributed by atoms with Crippen molar-refractivity contribution in [2.24, 2.45) is 11.8 Å². The van der Waals surface area contributed by atoms with E-state index in [2.05, 4.69) is 6.08 Å². The number of hydrogen-bond acceptors (Lipinski definition) is 4. The molecule has 0 aromatic heterocycles. The van der Waals surface area contributed by atoms with Crippen molar-refractivity contribution in [3.63, 3.8) is 0 Å². The number of aliphatic hydroxyl groups excluding tert-OH is 3. The van der Waals surface area contributed by atoms with Crippen LogP contribution >= 0.6 is 0 Å². The molecule has 1 saturated carbocycles. The van der Waals surface area contributed by atoms with Crippen LogP contribution in [0, 0.1) is 11.8 Å². The second kappa shape index (κ2) is 11.9. The lowest BCUT2D eigenvalue weighted by Crippen LogP contribution is -2.20. The third-order valence-corrected chi connectivity index (χ3v) is 5.52. The Bertz CT molecular complexity index is 637. The van der Waals surface area contributed by atoms with Crippen LogP contribution < -0.4 is 0 Å². The van der Waals surface area contributed by atoms with Crippen molar-refractivity contribution in [2.75, 3.05) is 0 Å². The molecule has 0 amide bonds. The van der Waals surface area contributed by atoms with E-state index in [1.807, 2.05) is 42.5 Å². The molecule has 28 heavy (non-hydrogen) atoms. The molecule has 0 aliphatic heterocycles. The second-order valence-electron chi connectivity index (χ2n) is 7.89. The summed E-state index contributed by atoms with van der Waals surface area (Å²) in [5, 5.41) is 30.8. The first kappa shape index (κ1) is 22.5. The minimum absolute atomic E-state index is 0.0448. The summed E-state index contributed by atoms with van der Waals surface area (Å²) in [7, 11) is 0. The lowest BCUT2D eigenvalue weighted by atomic mass is 9.89. The van der Waals surface area contributed by atoms with Gasteiger partial charge in [-0.3, -0.25) is 0 Å². The summed E-state index contributed by atoms with van der Waals surface area (Å²) in [6, 6.07) is 10.1. The van der Waals surface area contributed by atoms with Gasteiger partial charge in [0.1, 0.15) is 5.78 Å². The van der Waals surface area contributed by atoms with E-state index < -0.39 is 18.3 Å². The van der Waals surface area contributed by atoms with Crippen LogP contribution in [0.4, 0.5) is 0 Å². The van der Waals surface area contributed by atoms with E-state index in [4.69, 9.17) is 0 Å². The van der Waals surface area contributed by atoms with E-state index in [1.165, 1.54) is 5.56 Å². The Kier molecular flexibility index (Phi) is 9.62. The van der Waals surface area contributed by atoms with Crippen molar-refractivity contribution in [1.29, 1.82) is 0 Å². The number of carbonyl (C=O) groups excluding carboxylic acids is 1. The highest BCUT2D eigenvalue weighted by Gasteiger charge is 2.39. The zero-order valence-corrected chi connectivity index (χ0v) is 16.8. The first-order chi connectivity index (χ1) is 13.5. The molecule has 1 aromatic rings. The van der Waals surface area contributed by atoms with Gasteiger partial charge in [0.15, 0.2) is 0 Å². The van der Waals surface area contributed by atoms with Crippen LogP contribution in [0.15, 0.2) is 54.6 Å². The van der Waals surface area contributed by atoms with Crippen LogP contribution in [0.3, 0.4) is 0 Å². The van der Waals surface area contributed by atoms with Crippen LogP contribution in [0.2, 0.25) is 0 Å². The number of carbonyl (C=O) groups is 1. The minimum Gasteiger partial charge on any atom is -0.393 e. The van der Waals surface area contributed by atoms with Crippen LogP contribution in [-0.4, -0.2) is 39.4 Å². The number of ketones is 1. The molecule has 1 aliphatic rings. The minimum atomic E-state index is -0.580. The quantitative estimate of drug-likeness (QED) is 0.401. The molecule has 4 nitrogen and oxygen atoms in total. The van der Waals surface area contributed by atoms with Gasteiger partial charge in [-0.2, -0.15) is 0 Å². The van der Waals surface area contributed by atoms with E-state index >= 15 is 0 Å². The molecule has 0 spiro atoms. The van der Waals surface area contributed by atoms with E-state index in [0.29, 0.717) is 25.7 Å². The van der Waals surface area contributed by atoms with Crippen LogP contribution in [0.25, 0.3) is 0 Å². The van der Waals surface area contributed by atoms with Crippen LogP contribution in [0.1, 0.15) is 51.0 Å². The van der Waals surface area contributed by atoms with Crippen LogP contribution in [0.5, 0.6) is 0 Å². The van der Waals surface area contributed by atoms with Gasteiger partial charge in [0, 0.05) is 18.8 Å². The highest BCUT2D eigenvalue weighted by molar-refractivity contribution is 5.75. The number of unbranched alkanes of at least 4 members (excludes halogenated alkanes) is 1. The maximum atomic E-state index is 10.9. The number of Topliss-reactive ketones (excluding diaryl/α,β-unsaturated/α-hetero) is 1. The molecule has 5 atom stereocenters. The highest BCUT2D eigenvalue weighted by atomic mass is 16.3. The molecule has 2 rings (SSSR count). The molecule has 4 heteroatoms. The van der Waals surface area contributed by atoms with Gasteiger partial charge in [0.2, 0.25) is 0 Å². The van der Waals surface area contributed by atoms with E-state index in [9.17, 15) is 20.1 Å². The van der Waals surface area contributed by atoms with Gasteiger partial charge >= 0.3 is 0 Å². The van der Waals surface area contributed by atoms with Crippen molar-refractivity contribution in [1.82, 2.24) is 0 Å². The maximum absolute atomic E-state index is 10.9. The van der Waals surface area contributed by atoms with Gasteiger partial charge in [-0.15, -0.1) is 0 Å². The van der Waals surface area contributed by atoms with E-state index in [0.717, 1.165) is 19.3 Å². The molecule has 0 heterocycles. The maximum Gasteiger partial charge on any atom is 0.129 e. The Morgan fingerprint density at radius 2 is 1.93 bits per heavy atom. The Hall–Kier alpha value is -1.75. The molecule has 1 aliphatic carbocycles. The van der Waals surface area contributed by atoms with Crippen LogP contribution in [-0.2, 0) is 11.2 Å². The summed E-state index contributed by atoms with van der Waals surface area (Å²) in [5.41, 5.74) is 1.19. The Labute approximate surface area is 168 Å². The third kappa shape index (κ3) is 7.70. The molecular weight excluding hydrogens is 352 g/mol. The number of hydrogen-bond donors (Lipinski definition) is 3. The van der Waals surface area contributed by atoms with Crippen molar-refractivity contribution in [3.8, 4) is 0 Å². The number of rotatable bonds is 11. The normalized spacial score (nSPS) is 26.3. The van der Waals surface area contributed by atoms with Crippen molar-refractivity contribution in [3.05, 3.63) is 60.2 Å². The SMILES string of the molecule is CC(=O)CCC/C=C/CC1C(O)CC(O)C1/C=C/C(O)CCc1ccccc1. The molecule has 1 fully saturated rings. The fourth-order valence-electron chi connectivity index (χ4n) is 3.86. The lowest BCUT2D eigenvalue weighted by molar-refractivity contribution is -0.117. The molecular formula is C24H34O4. The van der Waals surface area contributed by atoms with Gasteiger partial charge in [-0.1, -0.05) is 54.6 Å². The molecule has 1 aromatic carbocycles. The smallest absolute Gasteiger partial charge is 0.129 e. The number of aryl methyl sites for hydroxylation is 1. The van der Waals surface area contributed by atoms with Crippen molar-refractivity contribution >= 4 is 5.78 Å². The van der Waals surface area contributed by atoms with E-state index in [-0.39, 0.29) is 17.6 Å². The predicted octanol–water partition coefficient (Wildman–Crippen LogP) is 3.60. The Balaban J connectivity index is 1.82. The van der Waals surface area contributed by atoms with Gasteiger partial charge < -0.3 is 20.1 Å². The topological polar surface area (TPSA) is 77.8 Å². The number of benzene rings is 1. The van der Waals surface area contributed by atoms with Crippen molar-refractivity contribution < 1.29 is 20.1 Å². The summed E-state index contributed by atoms with van der Waals surface area (Å²) in [5.74, 6) is 0.0126. The first-order valence-corrected chi connectivity index (χ1v) is 10.4. The van der Waals surface area contributed by atoms with E-state index in [1.54, 1.807) is 13.0 Å². The summed E-state index contributed by atoms with van der Waals surface area (Å²) < 4.78 is 0. The number of aliphatic hydroxyl groups is 3. The monoisotopic (exact) mass is 386 g/mol. The Morgan fingerprint density at radius 3 is 2.64 bits per heavy atom. The second-order valence-corrected chi connectivity index (χ2v) is 7.89. The fraction of sp³-hybridized carbons (Fsp3) is 0.542. The molecule has 3 N–H and O–H groups in total. The van der Waals surface area contributed by atoms with Gasteiger partial charge in [-0.25, -0.2) is 0 Å². The molecule has 0 bridgehead atoms. The zero-order valence-electron chi connectivity index (χ0n) is 16.8. The standard InChI is InChI=1S/C24H34O4/c1-18(25)9-5-2-3-8-12-21-22(24(28)17-23(21)27)16-15-20(26)14-13-19-10-6-4-7-11-19/h3-4,6-8,10-11,15-16,20-24,26-28H,2,5,9,12-14,17H2,1H3/b8-3+,16-15+. The lowest BCUT2D eigenvalue weighted by Gasteiger charge is -2.19. The zero-order chi connectivity index (χ0) is 20.4. The third-order valence-electron chi connectivity index (χ3n) is 5.52. The average molecular weight is 387 g/mol. The van der Waals surface area contributed by atoms with Gasteiger partial charge in [0.05, 0.1) is 18.3 Å². The highest BCUT2D eigenvalue weighted by Crippen LogP contribution is 2.36. The van der Waals surface area contributed by atoms with Crippen molar-refractivity contribution in [2.45, 2.75) is 70.2 Å². The molecule has 5 unspecified atom stereocenters. The Morgan fingerprint density at radius 1 is 1.18 bits per heavy atom. The summed E-state index contributed by atoms with van der Waals surface area (Å²) >= 11 is 0. The van der Waals surface area contributed by atoms with Gasteiger partial charge in [0.25, 0.3) is 0 Å². The summed E-state index contributed by atoms with van der Waals surface area (Å²) in [6.07, 6.45) is 10.8. The number of allylic oxidation sites excluding steroid dienone is 2. The summed E-state index contributed by atoms with van der Waals surface area (Å²) in [4.78, 5) is 10.9. The summed E-state index contributed by atoms with van der Waals surface area (Å²) in [6.45, 7) is 1.60. The molecule has 154 valence electrons. The molecule has 0 saturated heterocycles. The fourth-order valence-corrected chi connectivity index (χ4v) is 3.86. The molecule has 0 radical (unpaired) electrons. The van der Waals surface area contributed by atoms with Gasteiger partial charge in [-0.05, 0) is 50.5 Å². The first-order valence-electron chi connectivity index (χ1n) is 10.4. The largest absolute Gasteiger partial charge is 0.393 e. The average Bonchev–Trinajstić information content (AvgIpc) is 2.94. The predicted molar refractivity (Wildman–Crippen MR) is 112 cm³/mol.